The lowest BCUT2D eigenvalue weighted by atomic mass is 9.82. The van der Waals surface area contributed by atoms with Crippen molar-refractivity contribution in [1.29, 1.82) is 0 Å². The molecular weight excluding hydrogens is 488 g/mol. The Hall–Kier alpha value is -1.37. The minimum Gasteiger partial charge on any atom is -0.374 e. The second-order valence-electron chi connectivity index (χ2n) is 7.19. The number of ether oxygens (including phenoxy) is 1. The second kappa shape index (κ2) is 8.56. The van der Waals surface area contributed by atoms with Gasteiger partial charge in [0.25, 0.3) is 0 Å². The van der Waals surface area contributed by atoms with Gasteiger partial charge in [0.05, 0.1) is 12.2 Å². The number of nitrogens with zero attached hydrogens (tertiary/aromatic N) is 4. The molecule has 4 atom stereocenters. The van der Waals surface area contributed by atoms with Crippen LogP contribution in [0.2, 0.25) is 0 Å². The molecule has 0 spiro atoms. The van der Waals surface area contributed by atoms with Crippen molar-refractivity contribution < 1.29 is 17.9 Å². The summed E-state index contributed by atoms with van der Waals surface area (Å²) < 4.78 is 44.0. The third-order valence-corrected chi connectivity index (χ3v) is 5.60. The molecule has 3 fully saturated rings. The van der Waals surface area contributed by atoms with Crippen LogP contribution in [0.15, 0.2) is 17.3 Å². The van der Waals surface area contributed by atoms with E-state index in [4.69, 9.17) is 4.74 Å². The fourth-order valence-corrected chi connectivity index (χ4v) is 4.42. The van der Waals surface area contributed by atoms with Gasteiger partial charge >= 0.3 is 6.18 Å². The normalized spacial score (nSPS) is 28.9. The molecule has 7 nitrogen and oxygen atoms in total. The van der Waals surface area contributed by atoms with Crippen LogP contribution in [0, 0.1) is 11.8 Å². The van der Waals surface area contributed by atoms with Crippen molar-refractivity contribution in [2.75, 3.05) is 38.5 Å². The molecule has 3 aliphatic rings. The number of aliphatic imine (C=N–C) groups is 1. The van der Waals surface area contributed by atoms with Gasteiger partial charge in [-0.1, -0.05) is 0 Å². The maximum Gasteiger partial charge on any atom is 0.433 e. The molecule has 3 saturated heterocycles. The average Bonchev–Trinajstić information content (AvgIpc) is 3.34. The Kier molecular flexibility index (Phi) is 6.52. The number of anilines is 1. The highest BCUT2D eigenvalue weighted by Gasteiger charge is 2.53. The maximum absolute atomic E-state index is 12.7. The van der Waals surface area contributed by atoms with Crippen LogP contribution in [-0.2, 0) is 10.9 Å². The van der Waals surface area contributed by atoms with E-state index in [-0.39, 0.29) is 29.9 Å². The van der Waals surface area contributed by atoms with Crippen LogP contribution in [-0.4, -0.2) is 66.3 Å². The lowest BCUT2D eigenvalue weighted by molar-refractivity contribution is -0.141. The molecule has 4 heterocycles. The summed E-state index contributed by atoms with van der Waals surface area (Å²) in [5, 5.41) is 6.07. The molecule has 0 aromatic carbocycles. The Labute approximate surface area is 178 Å². The summed E-state index contributed by atoms with van der Waals surface area (Å²) in [6, 6.07) is 0.854. The number of rotatable bonds is 4. The Balaban J connectivity index is 0.00000225. The maximum atomic E-state index is 12.7. The molecule has 4 unspecified atom stereocenters. The summed E-state index contributed by atoms with van der Waals surface area (Å²) in [5.74, 6) is 1.94. The van der Waals surface area contributed by atoms with Gasteiger partial charge in [-0.3, -0.25) is 4.99 Å². The first-order valence-electron chi connectivity index (χ1n) is 9.21. The summed E-state index contributed by atoms with van der Waals surface area (Å²) in [4.78, 5) is 13.9. The first-order valence-corrected chi connectivity index (χ1v) is 9.21. The van der Waals surface area contributed by atoms with Gasteiger partial charge in [-0.15, -0.1) is 24.0 Å². The zero-order valence-electron chi connectivity index (χ0n) is 15.4. The van der Waals surface area contributed by atoms with Crippen molar-refractivity contribution in [3.05, 3.63) is 18.0 Å². The lowest BCUT2D eigenvalue weighted by Gasteiger charge is -2.23. The number of hydrogen-bond acceptors (Lipinski definition) is 5. The molecule has 2 N–H and O–H groups in total. The van der Waals surface area contributed by atoms with Crippen LogP contribution in [0.5, 0.6) is 0 Å². The van der Waals surface area contributed by atoms with E-state index in [1.807, 2.05) is 0 Å². The minimum absolute atomic E-state index is 0. The van der Waals surface area contributed by atoms with Crippen LogP contribution >= 0.6 is 24.0 Å². The molecule has 1 aromatic rings. The Morgan fingerprint density at radius 1 is 1.25 bits per heavy atom. The first-order chi connectivity index (χ1) is 13.0. The fraction of sp³-hybridized carbons (Fsp3) is 0.706. The zero-order valence-corrected chi connectivity index (χ0v) is 17.8. The van der Waals surface area contributed by atoms with Crippen LogP contribution in [0.4, 0.5) is 19.1 Å². The van der Waals surface area contributed by atoms with Crippen molar-refractivity contribution in [3.63, 3.8) is 0 Å². The highest BCUT2D eigenvalue weighted by Crippen LogP contribution is 2.47. The zero-order chi connectivity index (χ0) is 19.0. The molecule has 0 radical (unpaired) electrons. The van der Waals surface area contributed by atoms with Crippen molar-refractivity contribution in [2.24, 2.45) is 16.8 Å². The predicted molar refractivity (Wildman–Crippen MR) is 109 cm³/mol. The van der Waals surface area contributed by atoms with E-state index < -0.39 is 11.9 Å². The topological polar surface area (TPSA) is 74.7 Å². The number of nitrogens with one attached hydrogen (secondary N) is 2. The van der Waals surface area contributed by atoms with Gasteiger partial charge in [-0.2, -0.15) is 13.2 Å². The molecule has 1 aromatic heterocycles. The molecule has 2 bridgehead atoms. The molecule has 4 rings (SSSR count). The lowest BCUT2D eigenvalue weighted by Crippen LogP contribution is -2.43. The van der Waals surface area contributed by atoms with Gasteiger partial charge in [-0.25, -0.2) is 9.97 Å². The summed E-state index contributed by atoms with van der Waals surface area (Å²) in [6.07, 6.45) is -0.273. The van der Waals surface area contributed by atoms with Gasteiger partial charge in [-0.05, 0) is 18.9 Å². The van der Waals surface area contributed by atoms with Gasteiger partial charge in [0.2, 0.25) is 5.95 Å². The van der Waals surface area contributed by atoms with Crippen molar-refractivity contribution in [3.8, 4) is 0 Å². The smallest absolute Gasteiger partial charge is 0.374 e. The van der Waals surface area contributed by atoms with Gasteiger partial charge in [0, 0.05) is 51.3 Å². The highest BCUT2D eigenvalue weighted by atomic mass is 127. The highest BCUT2D eigenvalue weighted by molar-refractivity contribution is 14.0. The average molecular weight is 512 g/mol. The largest absolute Gasteiger partial charge is 0.433 e. The number of likely N-dealkylation sites (tertiary alicyclic amines) is 1. The summed E-state index contributed by atoms with van der Waals surface area (Å²) in [5.41, 5.74) is -0.954. The van der Waals surface area contributed by atoms with Gasteiger partial charge in [0.15, 0.2) is 5.96 Å². The summed E-state index contributed by atoms with van der Waals surface area (Å²) >= 11 is 0. The third kappa shape index (κ3) is 4.29. The second-order valence-corrected chi connectivity index (χ2v) is 7.19. The van der Waals surface area contributed by atoms with Crippen LogP contribution in [0.25, 0.3) is 0 Å². The quantitative estimate of drug-likeness (QED) is 0.279. The number of hydrogen-bond donors (Lipinski definition) is 2. The van der Waals surface area contributed by atoms with E-state index in [0.717, 1.165) is 44.2 Å². The number of fused-ring (bicyclic) bond motifs is 5. The molecule has 156 valence electrons. The monoisotopic (exact) mass is 512 g/mol. The Bertz CT molecular complexity index is 700. The van der Waals surface area contributed by atoms with Crippen LogP contribution < -0.4 is 10.6 Å². The number of guanidine groups is 1. The minimum atomic E-state index is -4.48. The van der Waals surface area contributed by atoms with E-state index in [0.29, 0.717) is 37.1 Å². The van der Waals surface area contributed by atoms with Gasteiger partial charge < -0.3 is 20.3 Å². The Morgan fingerprint density at radius 2 is 1.93 bits per heavy atom. The predicted octanol–water partition coefficient (Wildman–Crippen LogP) is 2.21. The van der Waals surface area contributed by atoms with Crippen molar-refractivity contribution in [2.45, 2.75) is 31.2 Å². The van der Waals surface area contributed by atoms with Crippen molar-refractivity contribution >= 4 is 35.9 Å². The first kappa shape index (κ1) is 21.3. The molecule has 3 aliphatic heterocycles. The number of alkyl halides is 3. The van der Waals surface area contributed by atoms with Crippen molar-refractivity contribution in [1.82, 2.24) is 20.2 Å². The summed E-state index contributed by atoms with van der Waals surface area (Å²) in [6.45, 7) is 2.77. The molecule has 0 saturated carbocycles. The van der Waals surface area contributed by atoms with E-state index in [1.165, 1.54) is 0 Å². The molecule has 28 heavy (non-hydrogen) atoms. The number of aromatic nitrogens is 2. The van der Waals surface area contributed by atoms with E-state index in [2.05, 4.69) is 30.5 Å². The summed E-state index contributed by atoms with van der Waals surface area (Å²) in [7, 11) is 1.74. The molecule has 11 heteroatoms. The van der Waals surface area contributed by atoms with Crippen LogP contribution in [0.3, 0.4) is 0 Å². The van der Waals surface area contributed by atoms with E-state index >= 15 is 0 Å². The third-order valence-electron chi connectivity index (χ3n) is 5.60. The molecule has 0 amide bonds. The SMILES string of the molecule is CN=C(NCCNc1nccc(C(F)(F)F)n1)N1CC2C3CCC(O3)C2C1.I. The van der Waals surface area contributed by atoms with E-state index in [9.17, 15) is 13.2 Å². The van der Waals surface area contributed by atoms with E-state index in [1.54, 1.807) is 7.05 Å². The molecular formula is C17H24F3IN6O. The van der Waals surface area contributed by atoms with Gasteiger partial charge in [0.1, 0.15) is 5.69 Å². The standard InChI is InChI=1S/C17H23F3N6O.HI/c1-21-16(26-8-10-11(9-26)13-3-2-12(10)27-13)24-7-6-23-15-22-5-4-14(25-15)17(18,19)20;/h4-5,10-13H,2-3,6-9H2,1H3,(H,21,24)(H,22,23,25);1H. The fourth-order valence-electron chi connectivity index (χ4n) is 4.42. The van der Waals surface area contributed by atoms with Crippen LogP contribution in [0.1, 0.15) is 18.5 Å². The molecule has 0 aliphatic carbocycles. The number of halogens is 4. The Morgan fingerprint density at radius 3 is 2.54 bits per heavy atom.